The van der Waals surface area contributed by atoms with Crippen LogP contribution in [-0.2, 0) is 9.47 Å². The van der Waals surface area contributed by atoms with E-state index in [4.69, 9.17) is 9.47 Å². The van der Waals surface area contributed by atoms with Crippen LogP contribution in [0.4, 0.5) is 0 Å². The Kier molecular flexibility index (Phi) is 11.8. The largest absolute Gasteiger partial charge is 0.383 e. The van der Waals surface area contributed by atoms with E-state index in [-0.39, 0.29) is 0 Å². The molecule has 0 saturated heterocycles. The van der Waals surface area contributed by atoms with Crippen molar-refractivity contribution in [2.45, 2.75) is 45.2 Å². The van der Waals surface area contributed by atoms with Crippen molar-refractivity contribution in [2.24, 2.45) is 0 Å². The summed E-state index contributed by atoms with van der Waals surface area (Å²) in [6, 6.07) is 1.08. The molecule has 0 aromatic carbocycles. The standard InChI is InChI=1S/C14H32N2O2/c1-13(15-3)8-6-7-9-16(10-11-17-4)14(2)12-18-5/h13-15H,6-12H2,1-5H3. The Morgan fingerprint density at radius 2 is 1.78 bits per heavy atom. The van der Waals surface area contributed by atoms with Crippen molar-refractivity contribution in [1.82, 2.24) is 10.2 Å². The highest BCUT2D eigenvalue weighted by Gasteiger charge is 2.12. The number of nitrogens with zero attached hydrogens (tertiary/aromatic N) is 1. The second-order valence-corrected chi connectivity index (χ2v) is 5.02. The minimum atomic E-state index is 0.465. The predicted octanol–water partition coefficient (Wildman–Crippen LogP) is 1.75. The molecule has 18 heavy (non-hydrogen) atoms. The Labute approximate surface area is 113 Å². The second-order valence-electron chi connectivity index (χ2n) is 5.02. The van der Waals surface area contributed by atoms with Crippen LogP contribution < -0.4 is 5.32 Å². The van der Waals surface area contributed by atoms with Crippen LogP contribution in [0, 0.1) is 0 Å². The molecule has 0 aliphatic rings. The van der Waals surface area contributed by atoms with Crippen molar-refractivity contribution in [1.29, 1.82) is 0 Å². The van der Waals surface area contributed by atoms with Crippen LogP contribution in [0.2, 0.25) is 0 Å². The second kappa shape index (κ2) is 11.9. The molecule has 110 valence electrons. The number of methoxy groups -OCH3 is 2. The molecule has 0 fully saturated rings. The molecular weight excluding hydrogens is 228 g/mol. The number of nitrogens with one attached hydrogen (secondary N) is 1. The van der Waals surface area contributed by atoms with Gasteiger partial charge < -0.3 is 14.8 Å². The lowest BCUT2D eigenvalue weighted by molar-refractivity contribution is 0.0738. The van der Waals surface area contributed by atoms with Gasteiger partial charge in [-0.2, -0.15) is 0 Å². The zero-order valence-corrected chi connectivity index (χ0v) is 12.9. The van der Waals surface area contributed by atoms with Gasteiger partial charge in [0.2, 0.25) is 0 Å². The Balaban J connectivity index is 3.85. The van der Waals surface area contributed by atoms with Crippen LogP contribution in [0.3, 0.4) is 0 Å². The third-order valence-corrected chi connectivity index (χ3v) is 3.44. The Morgan fingerprint density at radius 3 is 2.33 bits per heavy atom. The molecule has 0 radical (unpaired) electrons. The SMILES string of the molecule is CNC(C)CCCCN(CCOC)C(C)COC. The van der Waals surface area contributed by atoms with Gasteiger partial charge in [0.1, 0.15) is 0 Å². The molecule has 0 heterocycles. The average Bonchev–Trinajstić information content (AvgIpc) is 2.37. The highest BCUT2D eigenvalue weighted by Crippen LogP contribution is 2.06. The fourth-order valence-electron chi connectivity index (χ4n) is 2.02. The molecule has 0 amide bonds. The molecule has 2 atom stereocenters. The maximum Gasteiger partial charge on any atom is 0.0615 e. The van der Waals surface area contributed by atoms with Gasteiger partial charge in [-0.3, -0.25) is 4.90 Å². The zero-order valence-electron chi connectivity index (χ0n) is 12.9. The first-order valence-corrected chi connectivity index (χ1v) is 7.04. The van der Waals surface area contributed by atoms with Gasteiger partial charge in [-0.25, -0.2) is 0 Å². The lowest BCUT2D eigenvalue weighted by atomic mass is 10.1. The lowest BCUT2D eigenvalue weighted by Crippen LogP contribution is -2.39. The molecule has 0 aliphatic carbocycles. The molecular formula is C14H32N2O2. The van der Waals surface area contributed by atoms with Crippen molar-refractivity contribution in [3.05, 3.63) is 0 Å². The van der Waals surface area contributed by atoms with Gasteiger partial charge in [0.15, 0.2) is 0 Å². The highest BCUT2D eigenvalue weighted by atomic mass is 16.5. The zero-order chi connectivity index (χ0) is 13.8. The van der Waals surface area contributed by atoms with E-state index in [1.807, 2.05) is 7.05 Å². The van der Waals surface area contributed by atoms with E-state index in [0.717, 1.165) is 26.3 Å². The van der Waals surface area contributed by atoms with E-state index in [1.165, 1.54) is 19.3 Å². The fourth-order valence-corrected chi connectivity index (χ4v) is 2.02. The van der Waals surface area contributed by atoms with E-state index < -0.39 is 0 Å². The van der Waals surface area contributed by atoms with Gasteiger partial charge in [0, 0.05) is 32.8 Å². The molecule has 0 saturated carbocycles. The first-order chi connectivity index (χ1) is 8.65. The van der Waals surface area contributed by atoms with Crippen molar-refractivity contribution in [3.63, 3.8) is 0 Å². The summed E-state index contributed by atoms with van der Waals surface area (Å²) in [6.07, 6.45) is 3.75. The summed E-state index contributed by atoms with van der Waals surface area (Å²) in [6.45, 7) is 8.15. The van der Waals surface area contributed by atoms with Crippen molar-refractivity contribution < 1.29 is 9.47 Å². The van der Waals surface area contributed by atoms with Gasteiger partial charge in [0.25, 0.3) is 0 Å². The molecule has 0 aromatic rings. The van der Waals surface area contributed by atoms with Crippen molar-refractivity contribution >= 4 is 0 Å². The van der Waals surface area contributed by atoms with Crippen LogP contribution in [-0.4, -0.2) is 64.6 Å². The number of hydrogen-bond donors (Lipinski definition) is 1. The monoisotopic (exact) mass is 260 g/mol. The molecule has 0 aromatic heterocycles. The third kappa shape index (κ3) is 8.86. The molecule has 4 heteroatoms. The van der Waals surface area contributed by atoms with Gasteiger partial charge >= 0.3 is 0 Å². The van der Waals surface area contributed by atoms with E-state index in [1.54, 1.807) is 14.2 Å². The van der Waals surface area contributed by atoms with Gasteiger partial charge in [-0.15, -0.1) is 0 Å². The maximum atomic E-state index is 5.23. The Morgan fingerprint density at radius 1 is 1.06 bits per heavy atom. The molecule has 2 unspecified atom stereocenters. The number of rotatable bonds is 12. The third-order valence-electron chi connectivity index (χ3n) is 3.44. The fraction of sp³-hybridized carbons (Fsp3) is 1.00. The topological polar surface area (TPSA) is 33.7 Å². The van der Waals surface area contributed by atoms with Gasteiger partial charge in [-0.1, -0.05) is 6.42 Å². The van der Waals surface area contributed by atoms with E-state index in [9.17, 15) is 0 Å². The Hall–Kier alpha value is -0.160. The molecule has 0 aliphatic heterocycles. The average molecular weight is 260 g/mol. The molecule has 0 spiro atoms. The Bertz CT molecular complexity index is 179. The van der Waals surface area contributed by atoms with Crippen LogP contribution in [0.1, 0.15) is 33.1 Å². The summed E-state index contributed by atoms with van der Waals surface area (Å²) in [4.78, 5) is 2.46. The first kappa shape index (κ1) is 17.8. The minimum Gasteiger partial charge on any atom is -0.383 e. The van der Waals surface area contributed by atoms with Crippen molar-refractivity contribution in [3.8, 4) is 0 Å². The van der Waals surface area contributed by atoms with Gasteiger partial charge in [-0.05, 0) is 40.3 Å². The van der Waals surface area contributed by atoms with Crippen LogP contribution in [0.5, 0.6) is 0 Å². The van der Waals surface area contributed by atoms with Crippen LogP contribution in [0.15, 0.2) is 0 Å². The number of unbranched alkanes of at least 4 members (excludes halogenated alkanes) is 1. The minimum absolute atomic E-state index is 0.465. The molecule has 0 rings (SSSR count). The summed E-state index contributed by atoms with van der Waals surface area (Å²) in [5.74, 6) is 0. The van der Waals surface area contributed by atoms with Crippen molar-refractivity contribution in [2.75, 3.05) is 47.6 Å². The summed E-state index contributed by atoms with van der Waals surface area (Å²) in [5, 5.41) is 3.28. The summed E-state index contributed by atoms with van der Waals surface area (Å²) < 4.78 is 10.4. The number of ether oxygens (including phenoxy) is 2. The highest BCUT2D eigenvalue weighted by molar-refractivity contribution is 4.67. The van der Waals surface area contributed by atoms with E-state index in [2.05, 4.69) is 24.1 Å². The van der Waals surface area contributed by atoms with Gasteiger partial charge in [0.05, 0.1) is 13.2 Å². The summed E-state index contributed by atoms with van der Waals surface area (Å²) in [5.41, 5.74) is 0. The predicted molar refractivity (Wildman–Crippen MR) is 77.2 cm³/mol. The lowest BCUT2D eigenvalue weighted by Gasteiger charge is -2.28. The maximum absolute atomic E-state index is 5.23. The van der Waals surface area contributed by atoms with E-state index in [0.29, 0.717) is 12.1 Å². The first-order valence-electron chi connectivity index (χ1n) is 7.04. The molecule has 4 nitrogen and oxygen atoms in total. The normalized spacial score (nSPS) is 15.0. The molecule has 1 N–H and O–H groups in total. The smallest absolute Gasteiger partial charge is 0.0615 e. The van der Waals surface area contributed by atoms with Crippen LogP contribution >= 0.6 is 0 Å². The quantitative estimate of drug-likeness (QED) is 0.542. The molecule has 0 bridgehead atoms. The summed E-state index contributed by atoms with van der Waals surface area (Å²) in [7, 11) is 5.55. The van der Waals surface area contributed by atoms with Crippen LogP contribution in [0.25, 0.3) is 0 Å². The van der Waals surface area contributed by atoms with E-state index >= 15 is 0 Å². The number of hydrogen-bond acceptors (Lipinski definition) is 4. The summed E-state index contributed by atoms with van der Waals surface area (Å²) >= 11 is 0.